The van der Waals surface area contributed by atoms with E-state index in [2.05, 4.69) is 24.5 Å². The minimum Gasteiger partial charge on any atom is -0.356 e. The normalized spacial score (nSPS) is 25.5. The Morgan fingerprint density at radius 1 is 1.47 bits per heavy atom. The van der Waals surface area contributed by atoms with Crippen molar-refractivity contribution in [3.05, 3.63) is 0 Å². The molecule has 0 spiro atoms. The summed E-state index contributed by atoms with van der Waals surface area (Å²) in [6.07, 6.45) is 4.44. The van der Waals surface area contributed by atoms with Crippen molar-refractivity contribution in [3.63, 3.8) is 0 Å². The van der Waals surface area contributed by atoms with Crippen LogP contribution in [0.3, 0.4) is 0 Å². The fraction of sp³-hybridized carbons (Fsp3) is 0.923. The summed E-state index contributed by atoms with van der Waals surface area (Å²) in [6.45, 7) is 7.51. The fourth-order valence-electron chi connectivity index (χ4n) is 2.62. The summed E-state index contributed by atoms with van der Waals surface area (Å²) in [4.78, 5) is 11.8. The minimum absolute atomic E-state index is 0. The van der Waals surface area contributed by atoms with Gasteiger partial charge in [-0.1, -0.05) is 13.8 Å². The van der Waals surface area contributed by atoms with E-state index in [4.69, 9.17) is 0 Å². The average Bonchev–Trinajstić information content (AvgIpc) is 2.88. The molecule has 0 aromatic carbocycles. The van der Waals surface area contributed by atoms with Gasteiger partial charge in [-0.05, 0) is 49.6 Å². The summed E-state index contributed by atoms with van der Waals surface area (Å²) in [5.41, 5.74) is 0.434. The van der Waals surface area contributed by atoms with Crippen molar-refractivity contribution in [1.82, 2.24) is 10.6 Å². The van der Waals surface area contributed by atoms with Gasteiger partial charge in [0, 0.05) is 13.0 Å². The summed E-state index contributed by atoms with van der Waals surface area (Å²) >= 11 is 0. The zero-order valence-corrected chi connectivity index (χ0v) is 11.7. The van der Waals surface area contributed by atoms with Crippen LogP contribution in [0.25, 0.3) is 0 Å². The maximum Gasteiger partial charge on any atom is 0.220 e. The van der Waals surface area contributed by atoms with Crippen LogP contribution in [0.15, 0.2) is 0 Å². The molecular formula is C13H25ClN2O. The van der Waals surface area contributed by atoms with E-state index in [0.29, 0.717) is 23.7 Å². The lowest BCUT2D eigenvalue weighted by atomic mass is 9.92. The van der Waals surface area contributed by atoms with Crippen molar-refractivity contribution in [2.24, 2.45) is 17.3 Å². The molecule has 1 saturated heterocycles. The zero-order chi connectivity index (χ0) is 11.6. The highest BCUT2D eigenvalue weighted by Crippen LogP contribution is 2.51. The maximum absolute atomic E-state index is 11.8. The molecule has 1 heterocycles. The van der Waals surface area contributed by atoms with Crippen LogP contribution in [-0.4, -0.2) is 25.5 Å². The topological polar surface area (TPSA) is 41.1 Å². The first-order chi connectivity index (χ1) is 7.62. The Hall–Kier alpha value is -0.280. The molecule has 4 heteroatoms. The van der Waals surface area contributed by atoms with Gasteiger partial charge in [0.25, 0.3) is 0 Å². The molecule has 0 radical (unpaired) electrons. The first-order valence-electron chi connectivity index (χ1n) is 6.60. The number of hydrogen-bond donors (Lipinski definition) is 2. The molecule has 100 valence electrons. The Morgan fingerprint density at radius 3 is 2.65 bits per heavy atom. The van der Waals surface area contributed by atoms with Gasteiger partial charge in [-0.3, -0.25) is 4.79 Å². The SMILES string of the molecule is CC(C)C1(CNC(=O)CC2CCNC2)CC1.Cl. The largest absolute Gasteiger partial charge is 0.356 e. The van der Waals surface area contributed by atoms with E-state index in [1.54, 1.807) is 0 Å². The van der Waals surface area contributed by atoms with E-state index < -0.39 is 0 Å². The predicted octanol–water partition coefficient (Wildman–Crippen LogP) is 1.96. The Labute approximate surface area is 111 Å². The quantitative estimate of drug-likeness (QED) is 0.794. The highest BCUT2D eigenvalue weighted by molar-refractivity contribution is 5.85. The van der Waals surface area contributed by atoms with Gasteiger partial charge < -0.3 is 10.6 Å². The summed E-state index contributed by atoms with van der Waals surface area (Å²) in [6, 6.07) is 0. The smallest absolute Gasteiger partial charge is 0.220 e. The number of carbonyl (C=O) groups excluding carboxylic acids is 1. The molecule has 2 fully saturated rings. The van der Waals surface area contributed by atoms with E-state index in [-0.39, 0.29) is 18.3 Å². The molecule has 1 aliphatic carbocycles. The van der Waals surface area contributed by atoms with Crippen molar-refractivity contribution in [1.29, 1.82) is 0 Å². The third-order valence-corrected chi connectivity index (χ3v) is 4.39. The van der Waals surface area contributed by atoms with E-state index in [0.717, 1.165) is 26.1 Å². The van der Waals surface area contributed by atoms with Gasteiger partial charge in [-0.25, -0.2) is 0 Å². The molecule has 0 aromatic rings. The molecule has 1 atom stereocenters. The molecule has 2 rings (SSSR count). The summed E-state index contributed by atoms with van der Waals surface area (Å²) < 4.78 is 0. The number of halogens is 1. The maximum atomic E-state index is 11.8. The van der Waals surface area contributed by atoms with Gasteiger partial charge in [-0.15, -0.1) is 12.4 Å². The summed E-state index contributed by atoms with van der Waals surface area (Å²) in [5, 5.41) is 6.43. The average molecular weight is 261 g/mol. The number of nitrogens with one attached hydrogen (secondary N) is 2. The number of hydrogen-bond acceptors (Lipinski definition) is 2. The van der Waals surface area contributed by atoms with Crippen molar-refractivity contribution >= 4 is 18.3 Å². The highest BCUT2D eigenvalue weighted by atomic mass is 35.5. The minimum atomic E-state index is 0. The second-order valence-electron chi connectivity index (χ2n) is 5.86. The van der Waals surface area contributed by atoms with Crippen molar-refractivity contribution in [2.45, 2.75) is 39.5 Å². The Kier molecular flexibility index (Phi) is 5.26. The Morgan fingerprint density at radius 2 is 2.18 bits per heavy atom. The number of carbonyl (C=O) groups is 1. The van der Waals surface area contributed by atoms with Crippen LogP contribution < -0.4 is 10.6 Å². The second kappa shape index (κ2) is 6.05. The summed E-state index contributed by atoms with van der Waals surface area (Å²) in [5.74, 6) is 1.51. The monoisotopic (exact) mass is 260 g/mol. The van der Waals surface area contributed by atoms with Crippen LogP contribution in [0, 0.1) is 17.3 Å². The third-order valence-electron chi connectivity index (χ3n) is 4.39. The van der Waals surface area contributed by atoms with Gasteiger partial charge in [0.2, 0.25) is 5.91 Å². The lowest BCUT2D eigenvalue weighted by molar-refractivity contribution is -0.122. The third kappa shape index (κ3) is 3.85. The van der Waals surface area contributed by atoms with E-state index in [1.165, 1.54) is 12.8 Å². The van der Waals surface area contributed by atoms with E-state index >= 15 is 0 Å². The lowest BCUT2D eigenvalue weighted by Crippen LogP contribution is -2.33. The number of rotatable bonds is 5. The molecule has 0 bridgehead atoms. The van der Waals surface area contributed by atoms with Crippen molar-refractivity contribution < 1.29 is 4.79 Å². The van der Waals surface area contributed by atoms with Crippen molar-refractivity contribution in [2.75, 3.05) is 19.6 Å². The molecule has 0 aromatic heterocycles. The van der Waals surface area contributed by atoms with Crippen LogP contribution in [0.5, 0.6) is 0 Å². The Bertz CT molecular complexity index is 258. The van der Waals surface area contributed by atoms with Crippen LogP contribution in [0.1, 0.15) is 39.5 Å². The van der Waals surface area contributed by atoms with Crippen LogP contribution >= 0.6 is 12.4 Å². The lowest BCUT2D eigenvalue weighted by Gasteiger charge is -2.20. The van der Waals surface area contributed by atoms with Gasteiger partial charge in [0.15, 0.2) is 0 Å². The molecule has 3 nitrogen and oxygen atoms in total. The fourth-order valence-corrected chi connectivity index (χ4v) is 2.62. The number of amides is 1. The molecular weight excluding hydrogens is 236 g/mol. The summed E-state index contributed by atoms with van der Waals surface area (Å²) in [7, 11) is 0. The molecule has 1 amide bonds. The second-order valence-corrected chi connectivity index (χ2v) is 5.86. The standard InChI is InChI=1S/C13H24N2O.ClH/c1-10(2)13(4-5-13)9-15-12(16)7-11-3-6-14-8-11;/h10-11,14H,3-9H2,1-2H3,(H,15,16);1H. The first-order valence-corrected chi connectivity index (χ1v) is 6.60. The van der Waals surface area contributed by atoms with Gasteiger partial charge in [0.05, 0.1) is 0 Å². The Balaban J connectivity index is 0.00000144. The van der Waals surface area contributed by atoms with E-state index in [9.17, 15) is 4.79 Å². The van der Waals surface area contributed by atoms with Crippen LogP contribution in [0.2, 0.25) is 0 Å². The van der Waals surface area contributed by atoms with Crippen molar-refractivity contribution in [3.8, 4) is 0 Å². The van der Waals surface area contributed by atoms with Crippen LogP contribution in [0.4, 0.5) is 0 Å². The molecule has 2 N–H and O–H groups in total. The highest BCUT2D eigenvalue weighted by Gasteiger charge is 2.45. The van der Waals surface area contributed by atoms with Gasteiger partial charge >= 0.3 is 0 Å². The molecule has 2 aliphatic rings. The van der Waals surface area contributed by atoms with Gasteiger partial charge in [0.1, 0.15) is 0 Å². The molecule has 1 unspecified atom stereocenters. The molecule has 1 aliphatic heterocycles. The zero-order valence-electron chi connectivity index (χ0n) is 10.9. The van der Waals surface area contributed by atoms with Gasteiger partial charge in [-0.2, -0.15) is 0 Å². The predicted molar refractivity (Wildman–Crippen MR) is 72.4 cm³/mol. The first kappa shape index (κ1) is 14.8. The van der Waals surface area contributed by atoms with Crippen LogP contribution in [-0.2, 0) is 4.79 Å². The van der Waals surface area contributed by atoms with E-state index in [1.807, 2.05) is 0 Å². The molecule has 17 heavy (non-hydrogen) atoms. The molecule has 1 saturated carbocycles.